The van der Waals surface area contributed by atoms with Crippen molar-refractivity contribution in [1.29, 1.82) is 0 Å². The number of likely N-dealkylation sites (tertiary alicyclic amines) is 1. The summed E-state index contributed by atoms with van der Waals surface area (Å²) < 4.78 is 56.2. The Hall–Kier alpha value is -3.41. The van der Waals surface area contributed by atoms with E-state index in [0.717, 1.165) is 17.7 Å². The van der Waals surface area contributed by atoms with Crippen molar-refractivity contribution in [2.75, 3.05) is 20.8 Å². The molecule has 0 aliphatic carbocycles. The van der Waals surface area contributed by atoms with Crippen LogP contribution in [0, 0.1) is 12.0 Å². The van der Waals surface area contributed by atoms with Crippen LogP contribution in [0.15, 0.2) is 36.4 Å². The van der Waals surface area contributed by atoms with Gasteiger partial charge in [-0.25, -0.2) is 4.85 Å². The van der Waals surface area contributed by atoms with Gasteiger partial charge in [-0.15, -0.1) is 0 Å². The molecule has 1 amide bonds. The Balaban J connectivity index is 1.84. The normalized spacial score (nSPS) is 17.8. The molecular formula is C23H23F3N2O4. The highest BCUT2D eigenvalue weighted by Crippen LogP contribution is 2.41. The molecule has 170 valence electrons. The van der Waals surface area contributed by atoms with Gasteiger partial charge in [-0.1, -0.05) is 19.9 Å². The van der Waals surface area contributed by atoms with Gasteiger partial charge in [0.15, 0.2) is 11.8 Å². The fourth-order valence-electron chi connectivity index (χ4n) is 3.73. The maximum Gasteiger partial charge on any atom is 0.407 e. The molecule has 0 radical (unpaired) electrons. The van der Waals surface area contributed by atoms with Gasteiger partial charge in [0.2, 0.25) is 0 Å². The highest BCUT2D eigenvalue weighted by Gasteiger charge is 2.48. The number of alkyl halides is 3. The lowest BCUT2D eigenvalue weighted by atomic mass is 9.89. The molecule has 1 aliphatic rings. The molecule has 1 atom stereocenters. The maximum absolute atomic E-state index is 13.3. The number of amides is 1. The largest absolute Gasteiger partial charge is 0.497 e. The molecule has 32 heavy (non-hydrogen) atoms. The molecule has 0 spiro atoms. The van der Waals surface area contributed by atoms with E-state index in [9.17, 15) is 18.0 Å². The number of hydrogen-bond donors (Lipinski definition) is 0. The summed E-state index contributed by atoms with van der Waals surface area (Å²) in [4.78, 5) is 17.6. The summed E-state index contributed by atoms with van der Waals surface area (Å²) in [5, 5.41) is 0. The van der Waals surface area contributed by atoms with Crippen LogP contribution in [0.1, 0.15) is 25.0 Å². The molecule has 2 aromatic carbocycles. The molecule has 1 saturated heterocycles. The Labute approximate surface area is 184 Å². The van der Waals surface area contributed by atoms with Crippen molar-refractivity contribution in [3.8, 4) is 17.2 Å². The maximum atomic E-state index is 13.3. The van der Waals surface area contributed by atoms with Gasteiger partial charge in [0, 0.05) is 30.1 Å². The van der Waals surface area contributed by atoms with Crippen LogP contribution in [0.25, 0.3) is 4.85 Å². The van der Waals surface area contributed by atoms with Crippen molar-refractivity contribution >= 4 is 11.6 Å². The second-order valence-electron chi connectivity index (χ2n) is 8.15. The molecule has 0 saturated carbocycles. The topological polar surface area (TPSA) is 52.4 Å². The molecule has 2 aromatic rings. The van der Waals surface area contributed by atoms with Crippen molar-refractivity contribution in [3.63, 3.8) is 0 Å². The number of rotatable bonds is 6. The van der Waals surface area contributed by atoms with Crippen molar-refractivity contribution in [2.24, 2.45) is 5.41 Å². The van der Waals surface area contributed by atoms with Crippen molar-refractivity contribution in [2.45, 2.75) is 32.7 Å². The molecule has 1 fully saturated rings. The van der Waals surface area contributed by atoms with E-state index >= 15 is 0 Å². The minimum atomic E-state index is -4.70. The fourth-order valence-corrected chi connectivity index (χ4v) is 3.73. The highest BCUT2D eigenvalue weighted by atomic mass is 19.4. The summed E-state index contributed by atoms with van der Waals surface area (Å²) in [6, 6.07) is 8.37. The van der Waals surface area contributed by atoms with E-state index in [4.69, 9.17) is 20.8 Å². The van der Waals surface area contributed by atoms with E-state index in [1.807, 2.05) is 13.8 Å². The zero-order chi connectivity index (χ0) is 23.7. The first-order valence-electron chi connectivity index (χ1n) is 9.75. The number of nitrogens with zero attached hydrogens (tertiary/aromatic N) is 2. The third kappa shape index (κ3) is 4.59. The first-order valence-corrected chi connectivity index (χ1v) is 9.75. The van der Waals surface area contributed by atoms with E-state index in [1.54, 1.807) is 23.1 Å². The summed E-state index contributed by atoms with van der Waals surface area (Å²) in [5.41, 5.74) is -1.50. The predicted octanol–water partition coefficient (Wildman–Crippen LogP) is 5.09. The Bertz CT molecular complexity index is 1060. The van der Waals surface area contributed by atoms with Gasteiger partial charge in [-0.05, 0) is 24.3 Å². The van der Waals surface area contributed by atoms with Crippen LogP contribution in [-0.2, 0) is 17.5 Å². The van der Waals surface area contributed by atoms with E-state index < -0.39 is 28.9 Å². The van der Waals surface area contributed by atoms with Gasteiger partial charge >= 0.3 is 6.18 Å². The molecule has 0 aromatic heterocycles. The minimum Gasteiger partial charge on any atom is -0.497 e. The molecule has 0 bridgehead atoms. The Morgan fingerprint density at radius 1 is 1.12 bits per heavy atom. The van der Waals surface area contributed by atoms with Gasteiger partial charge in [0.1, 0.15) is 17.2 Å². The second kappa shape index (κ2) is 8.61. The van der Waals surface area contributed by atoms with Gasteiger partial charge in [-0.2, -0.15) is 13.2 Å². The SMILES string of the molecule is [C-]#[N+]c1ccc(OC2C(=O)N(Cc3ccc(OC)cc3OC)CC2(C)C)cc1C(F)(F)F. The van der Waals surface area contributed by atoms with E-state index in [2.05, 4.69) is 4.85 Å². The van der Waals surface area contributed by atoms with Crippen molar-refractivity contribution in [3.05, 3.63) is 58.9 Å². The Morgan fingerprint density at radius 2 is 1.81 bits per heavy atom. The van der Waals surface area contributed by atoms with Crippen LogP contribution in [-0.4, -0.2) is 37.7 Å². The monoisotopic (exact) mass is 448 g/mol. The van der Waals surface area contributed by atoms with Gasteiger partial charge in [0.25, 0.3) is 5.91 Å². The lowest BCUT2D eigenvalue weighted by Crippen LogP contribution is -2.36. The van der Waals surface area contributed by atoms with E-state index in [0.29, 0.717) is 18.0 Å². The van der Waals surface area contributed by atoms with Gasteiger partial charge in [0.05, 0.1) is 26.4 Å². The van der Waals surface area contributed by atoms with Crippen LogP contribution in [0.3, 0.4) is 0 Å². The standard InChI is InChI=1S/C23H23F3N2O4/c1-22(2)13-28(12-14-6-7-15(30-4)11-19(14)31-5)21(29)20(22)32-16-8-9-18(27-3)17(10-16)23(24,25)26/h6-11,20H,12-13H2,1-2,4-5H3. The number of carbonyl (C=O) groups is 1. The minimum absolute atomic E-state index is 0.111. The molecule has 1 heterocycles. The highest BCUT2D eigenvalue weighted by molar-refractivity contribution is 5.85. The average molecular weight is 448 g/mol. The van der Waals surface area contributed by atoms with Gasteiger partial charge < -0.3 is 19.1 Å². The second-order valence-corrected chi connectivity index (χ2v) is 8.15. The number of methoxy groups -OCH3 is 2. The van der Waals surface area contributed by atoms with Crippen molar-refractivity contribution < 1.29 is 32.2 Å². The fraction of sp³-hybridized carbons (Fsp3) is 0.391. The summed E-state index contributed by atoms with van der Waals surface area (Å²) in [6.45, 7) is 11.2. The molecule has 1 unspecified atom stereocenters. The number of halogens is 3. The number of ether oxygens (including phenoxy) is 3. The number of carbonyl (C=O) groups excluding carboxylic acids is 1. The molecule has 1 aliphatic heterocycles. The first-order chi connectivity index (χ1) is 15.0. The lowest BCUT2D eigenvalue weighted by Gasteiger charge is -2.25. The van der Waals surface area contributed by atoms with Crippen LogP contribution >= 0.6 is 0 Å². The third-order valence-electron chi connectivity index (χ3n) is 5.35. The summed E-state index contributed by atoms with van der Waals surface area (Å²) in [5.74, 6) is 0.725. The third-order valence-corrected chi connectivity index (χ3v) is 5.35. The van der Waals surface area contributed by atoms with Crippen LogP contribution < -0.4 is 14.2 Å². The van der Waals surface area contributed by atoms with Crippen LogP contribution in [0.4, 0.5) is 18.9 Å². The molecule has 6 nitrogen and oxygen atoms in total. The van der Waals surface area contributed by atoms with E-state index in [1.165, 1.54) is 20.3 Å². The van der Waals surface area contributed by atoms with Gasteiger partial charge in [-0.3, -0.25) is 4.79 Å². The van der Waals surface area contributed by atoms with Crippen LogP contribution in [0.2, 0.25) is 0 Å². The average Bonchev–Trinajstić information content (AvgIpc) is 2.96. The molecule has 3 rings (SSSR count). The first kappa shape index (κ1) is 23.3. The number of hydrogen-bond acceptors (Lipinski definition) is 4. The van der Waals surface area contributed by atoms with E-state index in [-0.39, 0.29) is 18.2 Å². The van der Waals surface area contributed by atoms with Crippen LogP contribution in [0.5, 0.6) is 17.2 Å². The lowest BCUT2D eigenvalue weighted by molar-refractivity contribution is -0.137. The Kier molecular flexibility index (Phi) is 6.26. The zero-order valence-electron chi connectivity index (χ0n) is 18.1. The molecular weight excluding hydrogens is 425 g/mol. The zero-order valence-corrected chi connectivity index (χ0v) is 18.1. The molecule has 0 N–H and O–H groups in total. The summed E-state index contributed by atoms with van der Waals surface area (Å²) in [6.07, 6.45) is -5.68. The van der Waals surface area contributed by atoms with Crippen molar-refractivity contribution in [1.82, 2.24) is 4.90 Å². The molecule has 9 heteroatoms. The number of benzene rings is 2. The smallest absolute Gasteiger partial charge is 0.407 e. The quantitative estimate of drug-likeness (QED) is 0.578. The summed E-state index contributed by atoms with van der Waals surface area (Å²) in [7, 11) is 3.06. The summed E-state index contributed by atoms with van der Waals surface area (Å²) >= 11 is 0. The predicted molar refractivity (Wildman–Crippen MR) is 111 cm³/mol. The Morgan fingerprint density at radius 3 is 2.41 bits per heavy atom.